The third kappa shape index (κ3) is 3.05. The van der Waals surface area contributed by atoms with Crippen LogP contribution in [0, 0.1) is 0 Å². The number of amidine groups is 1. The number of hydrogen-bond donors (Lipinski definition) is 1. The molecule has 1 amide bonds. The lowest BCUT2D eigenvalue weighted by atomic mass is 9.66. The summed E-state index contributed by atoms with van der Waals surface area (Å²) in [6.45, 7) is 0.303. The van der Waals surface area contributed by atoms with Crippen molar-refractivity contribution in [3.63, 3.8) is 0 Å². The maximum atomic E-state index is 13.2. The van der Waals surface area contributed by atoms with Crippen LogP contribution in [0.1, 0.15) is 24.0 Å². The first kappa shape index (κ1) is 20.9. The molecular formula is C25H23N3O5. The molecule has 0 aromatic heterocycles. The van der Waals surface area contributed by atoms with Crippen LogP contribution in [0.25, 0.3) is 0 Å². The normalized spacial score (nSPS) is 23.1. The molecule has 8 heteroatoms. The molecule has 168 valence electrons. The highest BCUT2D eigenvalue weighted by atomic mass is 16.5. The maximum absolute atomic E-state index is 13.2. The van der Waals surface area contributed by atoms with Crippen LogP contribution in [0.5, 0.6) is 0 Å². The minimum Gasteiger partial charge on any atom is -0.466 e. The van der Waals surface area contributed by atoms with Gasteiger partial charge < -0.3 is 14.8 Å². The summed E-state index contributed by atoms with van der Waals surface area (Å²) in [4.78, 5) is 45.1. The first-order valence-electron chi connectivity index (χ1n) is 10.7. The van der Waals surface area contributed by atoms with Gasteiger partial charge in [0, 0.05) is 12.1 Å². The van der Waals surface area contributed by atoms with E-state index in [1.165, 1.54) is 14.2 Å². The maximum Gasteiger partial charge on any atom is 0.357 e. The van der Waals surface area contributed by atoms with Crippen molar-refractivity contribution in [2.24, 2.45) is 4.99 Å². The highest BCUT2D eigenvalue weighted by molar-refractivity contribution is 6.15. The number of fused-ring (bicyclic) bond motifs is 1. The van der Waals surface area contributed by atoms with Crippen LogP contribution in [-0.4, -0.2) is 48.8 Å². The molecule has 1 fully saturated rings. The Bertz CT molecular complexity index is 1220. The third-order valence-corrected chi connectivity index (χ3v) is 6.62. The number of esters is 2. The van der Waals surface area contributed by atoms with Crippen molar-refractivity contribution in [2.45, 2.75) is 30.8 Å². The highest BCUT2D eigenvalue weighted by Crippen LogP contribution is 2.53. The molecule has 2 aromatic rings. The molecule has 0 saturated carbocycles. The molecule has 0 aliphatic carbocycles. The fourth-order valence-electron chi connectivity index (χ4n) is 5.16. The third-order valence-electron chi connectivity index (χ3n) is 6.62. The van der Waals surface area contributed by atoms with Crippen molar-refractivity contribution in [1.82, 2.24) is 4.90 Å². The number of methoxy groups -OCH3 is 2. The smallest absolute Gasteiger partial charge is 0.357 e. The first-order chi connectivity index (χ1) is 16.0. The zero-order valence-electron chi connectivity index (χ0n) is 18.3. The van der Waals surface area contributed by atoms with Crippen LogP contribution < -0.4 is 5.32 Å². The van der Waals surface area contributed by atoms with Crippen LogP contribution in [-0.2, 0) is 35.8 Å². The Kier molecular flexibility index (Phi) is 5.00. The van der Waals surface area contributed by atoms with E-state index < -0.39 is 23.4 Å². The molecule has 5 rings (SSSR count). The highest BCUT2D eigenvalue weighted by Gasteiger charge is 2.60. The van der Waals surface area contributed by atoms with E-state index in [1.807, 2.05) is 54.6 Å². The molecule has 1 unspecified atom stereocenters. The summed E-state index contributed by atoms with van der Waals surface area (Å²) in [6.07, 6.45) is 0.722. The minimum absolute atomic E-state index is 0.0860. The van der Waals surface area contributed by atoms with Crippen molar-refractivity contribution in [3.8, 4) is 0 Å². The number of carbonyl (C=O) groups is 3. The van der Waals surface area contributed by atoms with Gasteiger partial charge in [-0.2, -0.15) is 0 Å². The Morgan fingerprint density at radius 1 is 1.06 bits per heavy atom. The molecule has 3 aliphatic heterocycles. The molecule has 1 N–H and O–H groups in total. The molecule has 2 aromatic carbocycles. The number of rotatable bonds is 4. The zero-order chi connectivity index (χ0) is 23.2. The van der Waals surface area contributed by atoms with Gasteiger partial charge in [-0.05, 0) is 23.6 Å². The summed E-state index contributed by atoms with van der Waals surface area (Å²) >= 11 is 0. The molecule has 1 spiro atoms. The number of aliphatic imine (C=N–C) groups is 1. The molecule has 3 aliphatic rings. The zero-order valence-corrected chi connectivity index (χ0v) is 18.3. The van der Waals surface area contributed by atoms with Gasteiger partial charge in [-0.25, -0.2) is 14.6 Å². The number of anilines is 1. The van der Waals surface area contributed by atoms with Crippen molar-refractivity contribution in [2.75, 3.05) is 19.5 Å². The predicted molar refractivity (Wildman–Crippen MR) is 120 cm³/mol. The van der Waals surface area contributed by atoms with Gasteiger partial charge in [0.25, 0.3) is 0 Å². The lowest BCUT2D eigenvalue weighted by Crippen LogP contribution is -2.61. The van der Waals surface area contributed by atoms with E-state index in [0.717, 1.165) is 16.8 Å². The number of carbonyl (C=O) groups excluding carboxylic acids is 3. The largest absolute Gasteiger partial charge is 0.466 e. The standard InChI is InChI=1S/C25H23N3O5/c1-32-22(30)19-20(23(31)33-2)27-24-25(16-10-6-7-11-17(16)26-21(19)25)13-12-18(29)28(24)14-15-8-4-3-5-9-15/h3-11,21,26H,12-14H2,1-2H3/t21?,25-/m0/s1. The number of benzene rings is 2. The number of amides is 1. The molecule has 1 saturated heterocycles. The summed E-state index contributed by atoms with van der Waals surface area (Å²) in [5.74, 6) is -1.06. The Hall–Kier alpha value is -3.94. The number of nitrogens with zero attached hydrogens (tertiary/aromatic N) is 2. The molecule has 2 atom stereocenters. The van der Waals surface area contributed by atoms with Crippen molar-refractivity contribution in [3.05, 3.63) is 77.0 Å². The van der Waals surface area contributed by atoms with E-state index in [9.17, 15) is 14.4 Å². The molecule has 8 nitrogen and oxygen atoms in total. The van der Waals surface area contributed by atoms with Gasteiger partial charge in [0.1, 0.15) is 5.84 Å². The van der Waals surface area contributed by atoms with E-state index in [0.29, 0.717) is 18.8 Å². The van der Waals surface area contributed by atoms with Crippen molar-refractivity contribution >= 4 is 29.4 Å². The molecule has 3 heterocycles. The van der Waals surface area contributed by atoms with Crippen LogP contribution in [0.3, 0.4) is 0 Å². The minimum atomic E-state index is -0.805. The second kappa shape index (κ2) is 7.88. The van der Waals surface area contributed by atoms with Gasteiger partial charge in [0.15, 0.2) is 5.70 Å². The van der Waals surface area contributed by atoms with Crippen LogP contribution in [0.4, 0.5) is 5.69 Å². The van der Waals surface area contributed by atoms with Gasteiger partial charge in [0.05, 0.1) is 37.8 Å². The molecular weight excluding hydrogens is 422 g/mol. The first-order valence-corrected chi connectivity index (χ1v) is 10.7. The second-order valence-electron chi connectivity index (χ2n) is 8.24. The molecule has 0 radical (unpaired) electrons. The number of nitrogens with one attached hydrogen (secondary N) is 1. The van der Waals surface area contributed by atoms with Gasteiger partial charge in [-0.3, -0.25) is 9.69 Å². The summed E-state index contributed by atoms with van der Waals surface area (Å²) in [5.41, 5.74) is 1.86. The van der Waals surface area contributed by atoms with E-state index in [1.54, 1.807) is 4.90 Å². The lowest BCUT2D eigenvalue weighted by Gasteiger charge is -2.47. The van der Waals surface area contributed by atoms with E-state index >= 15 is 0 Å². The predicted octanol–water partition coefficient (Wildman–Crippen LogP) is 2.55. The topological polar surface area (TPSA) is 97.3 Å². The average molecular weight is 445 g/mol. The number of hydrogen-bond acceptors (Lipinski definition) is 7. The summed E-state index contributed by atoms with van der Waals surface area (Å²) in [7, 11) is 2.50. The number of ether oxygens (including phenoxy) is 2. The van der Waals surface area contributed by atoms with E-state index in [-0.39, 0.29) is 23.6 Å². The summed E-state index contributed by atoms with van der Waals surface area (Å²) in [5, 5.41) is 3.41. The molecule has 0 bridgehead atoms. The van der Waals surface area contributed by atoms with Crippen LogP contribution in [0.15, 0.2) is 70.9 Å². The SMILES string of the molecule is COC(=O)C1=C(C(=O)OC)C2Nc3ccccc3[C@@]23CCC(=O)N(Cc2ccccc2)C3=N1. The van der Waals surface area contributed by atoms with Crippen molar-refractivity contribution < 1.29 is 23.9 Å². The van der Waals surface area contributed by atoms with Crippen LogP contribution >= 0.6 is 0 Å². The van der Waals surface area contributed by atoms with Crippen molar-refractivity contribution in [1.29, 1.82) is 0 Å². The Morgan fingerprint density at radius 3 is 2.48 bits per heavy atom. The van der Waals surface area contributed by atoms with E-state index in [2.05, 4.69) is 10.3 Å². The Morgan fingerprint density at radius 2 is 1.76 bits per heavy atom. The van der Waals surface area contributed by atoms with Gasteiger partial charge in [0.2, 0.25) is 5.91 Å². The second-order valence-corrected chi connectivity index (χ2v) is 8.24. The number of piperidine rings is 1. The quantitative estimate of drug-likeness (QED) is 0.727. The Balaban J connectivity index is 1.76. The molecule has 33 heavy (non-hydrogen) atoms. The number of likely N-dealkylation sites (tertiary alicyclic amines) is 1. The Labute approximate surface area is 190 Å². The van der Waals surface area contributed by atoms with E-state index in [4.69, 9.17) is 9.47 Å². The lowest BCUT2D eigenvalue weighted by molar-refractivity contribution is -0.140. The summed E-state index contributed by atoms with van der Waals surface area (Å²) in [6, 6.07) is 16.7. The van der Waals surface area contributed by atoms with Gasteiger partial charge in [-0.1, -0.05) is 48.5 Å². The number of para-hydroxylation sites is 1. The fourth-order valence-corrected chi connectivity index (χ4v) is 5.16. The monoisotopic (exact) mass is 445 g/mol. The van der Waals surface area contributed by atoms with Gasteiger partial charge in [-0.15, -0.1) is 0 Å². The summed E-state index contributed by atoms with van der Waals surface area (Å²) < 4.78 is 10.0. The van der Waals surface area contributed by atoms with Crippen LogP contribution in [0.2, 0.25) is 0 Å². The fraction of sp³-hybridized carbons (Fsp3) is 0.280. The van der Waals surface area contributed by atoms with Gasteiger partial charge >= 0.3 is 11.9 Å². The average Bonchev–Trinajstić information content (AvgIpc) is 3.19.